The lowest BCUT2D eigenvalue weighted by molar-refractivity contribution is 0.870. The molecule has 1 saturated carbocycles. The van der Waals surface area contributed by atoms with Gasteiger partial charge < -0.3 is 0 Å². The molecule has 0 bridgehead atoms. The molecule has 1 radical (unpaired) electrons. The molecule has 0 heterocycles. The van der Waals surface area contributed by atoms with E-state index >= 15 is 0 Å². The van der Waals surface area contributed by atoms with Crippen molar-refractivity contribution in [3.63, 3.8) is 0 Å². The van der Waals surface area contributed by atoms with Crippen molar-refractivity contribution in [2.45, 2.75) is 16.2 Å². The maximum atomic E-state index is 5.99. The van der Waals surface area contributed by atoms with Crippen LogP contribution in [0.4, 0.5) is 0 Å². The third-order valence-corrected chi connectivity index (χ3v) is 3.42. The summed E-state index contributed by atoms with van der Waals surface area (Å²) in [5.74, 6) is 0. The molecule has 0 saturated heterocycles. The Hall–Kier alpha value is -0.200. The van der Waals surface area contributed by atoms with E-state index in [-0.39, 0.29) is 5.41 Å². The summed E-state index contributed by atoms with van der Waals surface area (Å²) >= 11 is 12.0. The van der Waals surface area contributed by atoms with Crippen LogP contribution in [0.25, 0.3) is 0 Å². The minimum absolute atomic E-state index is 0.280. The van der Waals surface area contributed by atoms with Crippen LogP contribution in [0.2, 0.25) is 0 Å². The summed E-state index contributed by atoms with van der Waals surface area (Å²) in [6.07, 6.45) is 0.743. The first-order valence-electron chi connectivity index (χ1n) is 3.85. The molecule has 0 aromatic heterocycles. The van der Waals surface area contributed by atoms with Gasteiger partial charge in [-0.2, -0.15) is 0 Å². The number of hydrogen-bond donors (Lipinski definition) is 0. The van der Waals surface area contributed by atoms with Gasteiger partial charge in [0.05, 0.1) is 0 Å². The Balaban J connectivity index is 2.35. The van der Waals surface area contributed by atoms with Crippen LogP contribution >= 0.6 is 23.2 Å². The fourth-order valence-electron chi connectivity index (χ4n) is 1.41. The first-order chi connectivity index (χ1) is 5.56. The van der Waals surface area contributed by atoms with Gasteiger partial charge in [0.25, 0.3) is 0 Å². The SMILES string of the molecule is [CH2]C1(c2ccccc2)CC1(Cl)Cl. The molecule has 1 aliphatic carbocycles. The molecule has 1 fully saturated rings. The monoisotopic (exact) mass is 199 g/mol. The summed E-state index contributed by atoms with van der Waals surface area (Å²) in [6, 6.07) is 9.95. The van der Waals surface area contributed by atoms with E-state index in [0.717, 1.165) is 12.0 Å². The predicted molar refractivity (Wildman–Crippen MR) is 52.5 cm³/mol. The Morgan fingerprint density at radius 2 is 1.67 bits per heavy atom. The van der Waals surface area contributed by atoms with E-state index in [4.69, 9.17) is 23.2 Å². The average Bonchev–Trinajstić information content (AvgIpc) is 2.55. The van der Waals surface area contributed by atoms with Gasteiger partial charge >= 0.3 is 0 Å². The fraction of sp³-hybridized carbons (Fsp3) is 0.300. The summed E-state index contributed by atoms with van der Waals surface area (Å²) in [5, 5.41) is 0. The van der Waals surface area contributed by atoms with E-state index < -0.39 is 4.33 Å². The van der Waals surface area contributed by atoms with Gasteiger partial charge in [0.1, 0.15) is 4.33 Å². The Morgan fingerprint density at radius 3 is 2.08 bits per heavy atom. The van der Waals surface area contributed by atoms with Gasteiger partial charge in [0, 0.05) is 5.41 Å². The number of hydrogen-bond acceptors (Lipinski definition) is 0. The zero-order chi connectivity index (χ0) is 8.82. The van der Waals surface area contributed by atoms with Gasteiger partial charge in [-0.3, -0.25) is 0 Å². The first-order valence-corrected chi connectivity index (χ1v) is 4.61. The molecule has 1 aromatic carbocycles. The summed E-state index contributed by atoms with van der Waals surface area (Å²) in [4.78, 5) is 0. The zero-order valence-corrected chi connectivity index (χ0v) is 8.07. The molecule has 0 nitrogen and oxygen atoms in total. The van der Waals surface area contributed by atoms with Crippen LogP contribution in [-0.2, 0) is 5.41 Å². The lowest BCUT2D eigenvalue weighted by Crippen LogP contribution is -2.09. The Kier molecular flexibility index (Phi) is 1.68. The number of halogens is 2. The lowest BCUT2D eigenvalue weighted by Gasteiger charge is -2.11. The highest BCUT2D eigenvalue weighted by molar-refractivity contribution is 6.52. The van der Waals surface area contributed by atoms with Crippen molar-refractivity contribution in [2.24, 2.45) is 0 Å². The summed E-state index contributed by atoms with van der Waals surface area (Å²) in [5.41, 5.74) is 0.840. The highest BCUT2D eigenvalue weighted by Gasteiger charge is 2.63. The van der Waals surface area contributed by atoms with Crippen molar-refractivity contribution in [3.05, 3.63) is 42.8 Å². The van der Waals surface area contributed by atoms with Crippen LogP contribution in [-0.4, -0.2) is 4.33 Å². The zero-order valence-electron chi connectivity index (χ0n) is 6.56. The lowest BCUT2D eigenvalue weighted by atomic mass is 9.99. The minimum Gasteiger partial charge on any atom is -0.101 e. The molecule has 1 unspecified atom stereocenters. The molecule has 0 N–H and O–H groups in total. The largest absolute Gasteiger partial charge is 0.129 e. The van der Waals surface area contributed by atoms with E-state index in [1.807, 2.05) is 30.3 Å². The van der Waals surface area contributed by atoms with Crippen molar-refractivity contribution in [2.75, 3.05) is 0 Å². The topological polar surface area (TPSA) is 0 Å². The molecule has 1 aromatic rings. The smallest absolute Gasteiger partial charge is 0.101 e. The molecule has 1 aliphatic rings. The van der Waals surface area contributed by atoms with Crippen molar-refractivity contribution in [1.29, 1.82) is 0 Å². The average molecular weight is 200 g/mol. The first kappa shape index (κ1) is 8.40. The molecule has 0 spiro atoms. The molecule has 12 heavy (non-hydrogen) atoms. The number of benzene rings is 1. The van der Waals surface area contributed by atoms with Crippen LogP contribution in [0.3, 0.4) is 0 Å². The van der Waals surface area contributed by atoms with Crippen LogP contribution < -0.4 is 0 Å². The second-order valence-electron chi connectivity index (χ2n) is 3.33. The highest BCUT2D eigenvalue weighted by Crippen LogP contribution is 2.64. The maximum Gasteiger partial charge on any atom is 0.129 e. The van der Waals surface area contributed by atoms with Crippen LogP contribution in [0.1, 0.15) is 12.0 Å². The standard InChI is InChI=1S/C10H9Cl2/c1-9(7-10(9,11)12)8-5-3-2-4-6-8/h2-6H,1,7H2. The van der Waals surface area contributed by atoms with E-state index in [9.17, 15) is 0 Å². The molecule has 0 aliphatic heterocycles. The third kappa shape index (κ3) is 1.06. The summed E-state index contributed by atoms with van der Waals surface area (Å²) in [7, 11) is 0. The number of alkyl halides is 2. The quantitative estimate of drug-likeness (QED) is 0.610. The van der Waals surface area contributed by atoms with Gasteiger partial charge in [-0.05, 0) is 18.9 Å². The fourth-order valence-corrected chi connectivity index (χ4v) is 2.08. The van der Waals surface area contributed by atoms with Crippen LogP contribution in [0.5, 0.6) is 0 Å². The Morgan fingerprint density at radius 1 is 1.17 bits per heavy atom. The van der Waals surface area contributed by atoms with E-state index in [1.54, 1.807) is 0 Å². The molecule has 2 heteroatoms. The molecule has 1 atom stereocenters. The molecule has 2 rings (SSSR count). The van der Waals surface area contributed by atoms with Crippen molar-refractivity contribution in [1.82, 2.24) is 0 Å². The minimum atomic E-state index is -0.658. The van der Waals surface area contributed by atoms with E-state index in [0.29, 0.717) is 0 Å². The molecular formula is C10H9Cl2. The van der Waals surface area contributed by atoms with Gasteiger partial charge in [0.15, 0.2) is 0 Å². The molecule has 63 valence electrons. The van der Waals surface area contributed by atoms with E-state index in [1.165, 1.54) is 0 Å². The van der Waals surface area contributed by atoms with Crippen LogP contribution in [0.15, 0.2) is 30.3 Å². The van der Waals surface area contributed by atoms with Crippen molar-refractivity contribution in [3.8, 4) is 0 Å². The van der Waals surface area contributed by atoms with Crippen molar-refractivity contribution < 1.29 is 0 Å². The number of rotatable bonds is 1. The molecular weight excluding hydrogens is 191 g/mol. The second kappa shape index (κ2) is 2.40. The Bertz CT molecular complexity index is 292. The second-order valence-corrected chi connectivity index (χ2v) is 4.81. The van der Waals surface area contributed by atoms with Gasteiger partial charge in [-0.15, -0.1) is 23.2 Å². The van der Waals surface area contributed by atoms with Gasteiger partial charge in [-0.1, -0.05) is 30.3 Å². The highest BCUT2D eigenvalue weighted by atomic mass is 35.5. The van der Waals surface area contributed by atoms with Crippen LogP contribution in [0, 0.1) is 6.92 Å². The van der Waals surface area contributed by atoms with E-state index in [2.05, 4.69) is 6.92 Å². The third-order valence-electron chi connectivity index (χ3n) is 2.43. The van der Waals surface area contributed by atoms with Gasteiger partial charge in [0.2, 0.25) is 0 Å². The van der Waals surface area contributed by atoms with Crippen molar-refractivity contribution >= 4 is 23.2 Å². The normalized spacial score (nSPS) is 31.6. The molecule has 0 amide bonds. The summed E-state index contributed by atoms with van der Waals surface area (Å²) < 4.78 is -0.658. The Labute approximate surface area is 82.5 Å². The maximum absolute atomic E-state index is 5.99. The van der Waals surface area contributed by atoms with Gasteiger partial charge in [-0.25, -0.2) is 0 Å². The summed E-state index contributed by atoms with van der Waals surface area (Å²) in [6.45, 7) is 4.04. The predicted octanol–water partition coefficient (Wildman–Crippen LogP) is 3.34.